The number of fused-ring (bicyclic) bond motifs is 5. The van der Waals surface area contributed by atoms with Gasteiger partial charge in [-0.25, -0.2) is 0 Å². The van der Waals surface area contributed by atoms with Gasteiger partial charge >= 0.3 is 0 Å². The minimum absolute atomic E-state index is 0.174. The molecule has 29 heavy (non-hydrogen) atoms. The number of ether oxygens (including phenoxy) is 1. The molecule has 4 atom stereocenters. The van der Waals surface area contributed by atoms with Crippen LogP contribution in [0, 0.1) is 23.7 Å². The van der Waals surface area contributed by atoms with E-state index in [0.717, 1.165) is 17.0 Å². The molecule has 2 aromatic rings. The van der Waals surface area contributed by atoms with E-state index in [4.69, 9.17) is 16.3 Å². The minimum Gasteiger partial charge on any atom is -0.488 e. The lowest BCUT2D eigenvalue weighted by molar-refractivity contribution is -0.140. The fraction of sp³-hybridized carbons (Fsp3) is 0.261. The van der Waals surface area contributed by atoms with Crippen molar-refractivity contribution in [3.63, 3.8) is 0 Å². The molecule has 1 aliphatic heterocycles. The Labute approximate surface area is 173 Å². The van der Waals surface area contributed by atoms with E-state index in [2.05, 4.69) is 17.3 Å². The van der Waals surface area contributed by atoms with Crippen molar-refractivity contribution in [2.24, 2.45) is 28.8 Å². The summed E-state index contributed by atoms with van der Waals surface area (Å²) in [4.78, 5) is 25.5. The Morgan fingerprint density at radius 3 is 2.38 bits per heavy atom. The molecule has 0 radical (unpaired) electrons. The van der Waals surface area contributed by atoms with Gasteiger partial charge in [-0.05, 0) is 36.5 Å². The van der Waals surface area contributed by atoms with Gasteiger partial charge in [0.15, 0.2) is 0 Å². The first-order valence-electron chi connectivity index (χ1n) is 9.69. The molecule has 146 valence electrons. The van der Waals surface area contributed by atoms with Crippen molar-refractivity contribution in [2.75, 3.05) is 0 Å². The second-order valence-electron chi connectivity index (χ2n) is 7.65. The maximum Gasteiger partial charge on any atom is 0.254 e. The second-order valence-corrected chi connectivity index (χ2v) is 8.06. The maximum absolute atomic E-state index is 12.8. The SMILES string of the molecule is O=C1[C@@H]2[C@H](C(=O)N1N=Cc1ccccc1OCc1ccccc1Cl)[C@H]1C=C[C@H]2C1. The summed E-state index contributed by atoms with van der Waals surface area (Å²) in [7, 11) is 0. The first kappa shape index (κ1) is 18.1. The van der Waals surface area contributed by atoms with Crippen molar-refractivity contribution in [3.05, 3.63) is 76.8 Å². The van der Waals surface area contributed by atoms with Gasteiger partial charge in [0.25, 0.3) is 11.8 Å². The highest BCUT2D eigenvalue weighted by Crippen LogP contribution is 2.52. The third-order valence-electron chi connectivity index (χ3n) is 6.02. The Kier molecular flexibility index (Phi) is 4.47. The van der Waals surface area contributed by atoms with E-state index in [-0.39, 0.29) is 35.5 Å². The number of allylic oxidation sites excluding steroid dienone is 2. The smallest absolute Gasteiger partial charge is 0.254 e. The van der Waals surface area contributed by atoms with Crippen LogP contribution in [0.1, 0.15) is 17.5 Å². The first-order valence-corrected chi connectivity index (χ1v) is 10.1. The number of hydrogen-bond acceptors (Lipinski definition) is 4. The van der Waals surface area contributed by atoms with Crippen LogP contribution in [-0.4, -0.2) is 23.0 Å². The van der Waals surface area contributed by atoms with E-state index >= 15 is 0 Å². The van der Waals surface area contributed by atoms with E-state index in [0.29, 0.717) is 22.9 Å². The molecule has 2 aliphatic carbocycles. The summed E-state index contributed by atoms with van der Waals surface area (Å²) in [6, 6.07) is 14.9. The number of para-hydroxylation sites is 1. The largest absolute Gasteiger partial charge is 0.488 e. The molecule has 1 saturated heterocycles. The van der Waals surface area contributed by atoms with Crippen LogP contribution in [0.15, 0.2) is 65.8 Å². The van der Waals surface area contributed by atoms with E-state index in [1.807, 2.05) is 48.5 Å². The fourth-order valence-corrected chi connectivity index (χ4v) is 4.80. The molecule has 0 unspecified atom stereocenters. The molecule has 5 nitrogen and oxygen atoms in total. The van der Waals surface area contributed by atoms with Crippen LogP contribution in [-0.2, 0) is 16.2 Å². The third-order valence-corrected chi connectivity index (χ3v) is 6.39. The summed E-state index contributed by atoms with van der Waals surface area (Å²) in [5, 5.41) is 5.93. The highest BCUT2D eigenvalue weighted by molar-refractivity contribution is 6.31. The molecule has 0 N–H and O–H groups in total. The third kappa shape index (κ3) is 3.06. The summed E-state index contributed by atoms with van der Waals surface area (Å²) < 4.78 is 5.92. The van der Waals surface area contributed by atoms with E-state index in [9.17, 15) is 9.59 Å². The van der Waals surface area contributed by atoms with Crippen molar-refractivity contribution in [3.8, 4) is 5.75 Å². The zero-order chi connectivity index (χ0) is 20.0. The highest BCUT2D eigenvalue weighted by Gasteiger charge is 2.59. The number of hydrogen-bond donors (Lipinski definition) is 0. The Morgan fingerprint density at radius 1 is 1.00 bits per heavy atom. The van der Waals surface area contributed by atoms with E-state index < -0.39 is 0 Å². The van der Waals surface area contributed by atoms with Crippen LogP contribution in [0.2, 0.25) is 5.02 Å². The monoisotopic (exact) mass is 406 g/mol. The predicted molar refractivity (Wildman–Crippen MR) is 109 cm³/mol. The quantitative estimate of drug-likeness (QED) is 0.427. The topological polar surface area (TPSA) is 59.0 Å². The van der Waals surface area contributed by atoms with Gasteiger partial charge in [-0.2, -0.15) is 10.1 Å². The molecule has 5 rings (SSSR count). The molecule has 1 heterocycles. The fourth-order valence-electron chi connectivity index (χ4n) is 4.61. The number of imide groups is 1. The number of halogens is 1. The van der Waals surface area contributed by atoms with Crippen molar-refractivity contribution in [1.82, 2.24) is 5.01 Å². The molecule has 2 fully saturated rings. The van der Waals surface area contributed by atoms with Crippen LogP contribution >= 0.6 is 11.6 Å². The molecule has 2 bridgehead atoms. The van der Waals surface area contributed by atoms with Crippen LogP contribution in [0.4, 0.5) is 0 Å². The molecule has 3 aliphatic rings. The number of hydrazone groups is 1. The van der Waals surface area contributed by atoms with Gasteiger partial charge in [-0.1, -0.05) is 54.1 Å². The van der Waals surface area contributed by atoms with Gasteiger partial charge in [0, 0.05) is 16.1 Å². The van der Waals surface area contributed by atoms with Gasteiger partial charge in [0.05, 0.1) is 18.1 Å². The molecule has 6 heteroatoms. The summed E-state index contributed by atoms with van der Waals surface area (Å²) in [6.45, 7) is 0.311. The number of benzene rings is 2. The number of carbonyl (C=O) groups is 2. The Morgan fingerprint density at radius 2 is 1.66 bits per heavy atom. The molecule has 2 amide bonds. The molecule has 0 aromatic heterocycles. The molecular formula is C23H19ClN2O3. The first-order chi connectivity index (χ1) is 14.1. The zero-order valence-electron chi connectivity index (χ0n) is 15.6. The van der Waals surface area contributed by atoms with Crippen LogP contribution in [0.5, 0.6) is 5.75 Å². The lowest BCUT2D eigenvalue weighted by Gasteiger charge is -2.13. The van der Waals surface area contributed by atoms with Gasteiger partial charge in [-0.3, -0.25) is 9.59 Å². The Balaban J connectivity index is 1.34. The van der Waals surface area contributed by atoms with E-state index in [1.54, 1.807) is 0 Å². The van der Waals surface area contributed by atoms with Crippen molar-refractivity contribution in [1.29, 1.82) is 0 Å². The normalized spacial score (nSPS) is 27.3. The highest BCUT2D eigenvalue weighted by atomic mass is 35.5. The van der Waals surface area contributed by atoms with Crippen LogP contribution in [0.25, 0.3) is 0 Å². The zero-order valence-corrected chi connectivity index (χ0v) is 16.3. The van der Waals surface area contributed by atoms with Crippen LogP contribution < -0.4 is 4.74 Å². The lowest BCUT2D eigenvalue weighted by Crippen LogP contribution is -2.28. The maximum atomic E-state index is 12.8. The number of rotatable bonds is 5. The molecule has 2 aromatic carbocycles. The van der Waals surface area contributed by atoms with Crippen molar-refractivity contribution in [2.45, 2.75) is 13.0 Å². The number of nitrogens with zero attached hydrogens (tertiary/aromatic N) is 2. The standard InChI is InChI=1S/C23H19ClN2O3/c24-18-7-3-1-6-17(18)13-29-19-8-4-2-5-16(19)12-25-26-22(27)20-14-9-10-15(11-14)21(20)23(26)28/h1-10,12,14-15,20-21H,11,13H2/t14-,15-,20-,21+/m0/s1. The van der Waals surface area contributed by atoms with Crippen molar-refractivity contribution < 1.29 is 14.3 Å². The van der Waals surface area contributed by atoms with Gasteiger partial charge in [0.1, 0.15) is 12.4 Å². The van der Waals surface area contributed by atoms with Crippen molar-refractivity contribution >= 4 is 29.6 Å². The number of carbonyl (C=O) groups excluding carboxylic acids is 2. The van der Waals surface area contributed by atoms with Crippen LogP contribution in [0.3, 0.4) is 0 Å². The summed E-state index contributed by atoms with van der Waals surface area (Å²) in [5.41, 5.74) is 1.57. The average Bonchev–Trinajstić information content (AvgIpc) is 3.41. The molecular weight excluding hydrogens is 388 g/mol. The minimum atomic E-state index is -0.249. The van der Waals surface area contributed by atoms with Gasteiger partial charge in [-0.15, -0.1) is 0 Å². The number of amides is 2. The van der Waals surface area contributed by atoms with Gasteiger partial charge in [0.2, 0.25) is 0 Å². The lowest BCUT2D eigenvalue weighted by atomic mass is 9.85. The summed E-state index contributed by atoms with van der Waals surface area (Å²) >= 11 is 6.19. The molecule has 0 spiro atoms. The Hall–Kier alpha value is -2.92. The van der Waals surface area contributed by atoms with E-state index in [1.165, 1.54) is 6.21 Å². The summed E-state index contributed by atoms with van der Waals surface area (Å²) in [6.07, 6.45) is 6.57. The van der Waals surface area contributed by atoms with Gasteiger partial charge < -0.3 is 4.74 Å². The Bertz CT molecular complexity index is 1020. The molecule has 1 saturated carbocycles. The average molecular weight is 407 g/mol. The summed E-state index contributed by atoms with van der Waals surface area (Å²) in [5.74, 6) is 0.0749. The predicted octanol–water partition coefficient (Wildman–Crippen LogP) is 4.06. The second kappa shape index (κ2) is 7.16.